The Hall–Kier alpha value is -1.29. The Morgan fingerprint density at radius 2 is 2.35 bits per heavy atom. The predicted molar refractivity (Wildman–Crippen MR) is 74.6 cm³/mol. The lowest BCUT2D eigenvalue weighted by Gasteiger charge is -2.08. The molecule has 4 heteroatoms. The Labute approximate surface area is 105 Å². The summed E-state index contributed by atoms with van der Waals surface area (Å²) >= 11 is 1.70. The summed E-state index contributed by atoms with van der Waals surface area (Å²) in [6, 6.07) is 4.73. The van der Waals surface area contributed by atoms with Crippen LogP contribution in [0.4, 0.5) is 11.4 Å². The molecule has 3 N–H and O–H groups in total. The molecule has 1 aromatic carbocycles. The largest absolute Gasteiger partial charge is 0.397 e. The smallest absolute Gasteiger partial charge is 0.0907 e. The molecule has 0 radical (unpaired) electrons. The molecular formula is C13H17N3S. The molecule has 0 bridgehead atoms. The number of anilines is 2. The summed E-state index contributed by atoms with van der Waals surface area (Å²) in [5, 5.41) is 4.62. The fourth-order valence-corrected chi connectivity index (χ4v) is 3.16. The molecular weight excluding hydrogens is 230 g/mol. The molecule has 2 unspecified atom stereocenters. The van der Waals surface area contributed by atoms with Gasteiger partial charge in [0.1, 0.15) is 0 Å². The van der Waals surface area contributed by atoms with Gasteiger partial charge in [-0.05, 0) is 31.4 Å². The van der Waals surface area contributed by atoms with Gasteiger partial charge in [-0.3, -0.25) is 0 Å². The SMILES string of the molecule is CCC1CC1Nc1cc2nc(C)sc2cc1N. The van der Waals surface area contributed by atoms with Crippen LogP contribution < -0.4 is 11.1 Å². The quantitative estimate of drug-likeness (QED) is 0.817. The summed E-state index contributed by atoms with van der Waals surface area (Å²) in [6.07, 6.45) is 2.51. The van der Waals surface area contributed by atoms with Crippen molar-refractivity contribution >= 4 is 32.9 Å². The van der Waals surface area contributed by atoms with E-state index in [1.54, 1.807) is 11.3 Å². The minimum atomic E-state index is 0.611. The number of hydrogen-bond acceptors (Lipinski definition) is 4. The van der Waals surface area contributed by atoms with Crippen LogP contribution in [0, 0.1) is 12.8 Å². The van der Waals surface area contributed by atoms with Gasteiger partial charge in [0.15, 0.2) is 0 Å². The number of nitrogen functional groups attached to an aromatic ring is 1. The molecule has 1 aliphatic carbocycles. The summed E-state index contributed by atoms with van der Waals surface area (Å²) in [6.45, 7) is 4.27. The Bertz CT molecular complexity index is 561. The van der Waals surface area contributed by atoms with Crippen molar-refractivity contribution in [2.45, 2.75) is 32.7 Å². The van der Waals surface area contributed by atoms with Gasteiger partial charge in [0, 0.05) is 6.04 Å². The van der Waals surface area contributed by atoms with Crippen molar-refractivity contribution in [1.29, 1.82) is 0 Å². The first-order valence-electron chi connectivity index (χ1n) is 6.10. The van der Waals surface area contributed by atoms with Gasteiger partial charge < -0.3 is 11.1 Å². The van der Waals surface area contributed by atoms with Crippen molar-refractivity contribution < 1.29 is 0 Å². The molecule has 1 aromatic heterocycles. The molecule has 17 heavy (non-hydrogen) atoms. The molecule has 2 atom stereocenters. The summed E-state index contributed by atoms with van der Waals surface area (Å²) in [5.41, 5.74) is 9.01. The monoisotopic (exact) mass is 247 g/mol. The van der Waals surface area contributed by atoms with E-state index >= 15 is 0 Å². The standard InChI is InChI=1S/C13H17N3S/c1-3-8-4-10(8)16-11-6-12-13(5-9(11)14)17-7(2)15-12/h5-6,8,10,16H,3-4,14H2,1-2H3. The fourth-order valence-electron chi connectivity index (χ4n) is 2.31. The molecule has 0 spiro atoms. The third kappa shape index (κ3) is 1.97. The third-order valence-corrected chi connectivity index (χ3v) is 4.39. The van der Waals surface area contributed by atoms with E-state index in [-0.39, 0.29) is 0 Å². The van der Waals surface area contributed by atoms with Gasteiger partial charge in [-0.25, -0.2) is 4.98 Å². The lowest BCUT2D eigenvalue weighted by molar-refractivity contribution is 0.775. The zero-order valence-corrected chi connectivity index (χ0v) is 11.0. The summed E-state index contributed by atoms with van der Waals surface area (Å²) in [7, 11) is 0. The van der Waals surface area contributed by atoms with E-state index in [4.69, 9.17) is 5.73 Å². The number of rotatable bonds is 3. The number of aromatic nitrogens is 1. The van der Waals surface area contributed by atoms with Crippen LogP contribution in [-0.2, 0) is 0 Å². The lowest BCUT2D eigenvalue weighted by atomic mass is 10.2. The fraction of sp³-hybridized carbons (Fsp3) is 0.462. The number of benzene rings is 1. The minimum Gasteiger partial charge on any atom is -0.397 e. The van der Waals surface area contributed by atoms with Crippen molar-refractivity contribution in [3.8, 4) is 0 Å². The Morgan fingerprint density at radius 3 is 3.06 bits per heavy atom. The van der Waals surface area contributed by atoms with Crippen LogP contribution >= 0.6 is 11.3 Å². The topological polar surface area (TPSA) is 50.9 Å². The molecule has 1 aliphatic rings. The van der Waals surface area contributed by atoms with E-state index in [0.717, 1.165) is 27.8 Å². The highest BCUT2D eigenvalue weighted by Gasteiger charge is 2.35. The molecule has 0 amide bonds. The van der Waals surface area contributed by atoms with Crippen molar-refractivity contribution in [3.05, 3.63) is 17.1 Å². The number of nitrogens with zero attached hydrogens (tertiary/aromatic N) is 1. The maximum absolute atomic E-state index is 6.08. The van der Waals surface area contributed by atoms with E-state index in [1.165, 1.54) is 17.5 Å². The van der Waals surface area contributed by atoms with Crippen LogP contribution in [0.1, 0.15) is 24.8 Å². The summed E-state index contributed by atoms with van der Waals surface area (Å²) < 4.78 is 1.17. The molecule has 2 aromatic rings. The molecule has 90 valence electrons. The second kappa shape index (κ2) is 3.88. The molecule has 3 rings (SSSR count). The maximum atomic E-state index is 6.08. The Kier molecular flexibility index (Phi) is 2.47. The zero-order valence-electron chi connectivity index (χ0n) is 10.2. The first-order chi connectivity index (χ1) is 8.17. The molecule has 1 fully saturated rings. The Balaban J connectivity index is 1.90. The average Bonchev–Trinajstić information content (AvgIpc) is 2.93. The normalized spacial score (nSPS) is 22.9. The minimum absolute atomic E-state index is 0.611. The zero-order chi connectivity index (χ0) is 12.0. The van der Waals surface area contributed by atoms with Gasteiger partial charge in [0.25, 0.3) is 0 Å². The van der Waals surface area contributed by atoms with E-state index in [9.17, 15) is 0 Å². The van der Waals surface area contributed by atoms with Crippen LogP contribution in [0.3, 0.4) is 0 Å². The number of fused-ring (bicyclic) bond motifs is 1. The Morgan fingerprint density at radius 1 is 1.53 bits per heavy atom. The van der Waals surface area contributed by atoms with Crippen LogP contribution in [0.2, 0.25) is 0 Å². The number of hydrogen-bond donors (Lipinski definition) is 2. The highest BCUT2D eigenvalue weighted by Crippen LogP contribution is 2.38. The van der Waals surface area contributed by atoms with Crippen molar-refractivity contribution in [1.82, 2.24) is 4.98 Å². The average molecular weight is 247 g/mol. The van der Waals surface area contributed by atoms with Crippen LogP contribution in [0.5, 0.6) is 0 Å². The predicted octanol–water partition coefficient (Wildman–Crippen LogP) is 3.40. The van der Waals surface area contributed by atoms with Gasteiger partial charge in [0.2, 0.25) is 0 Å². The van der Waals surface area contributed by atoms with Gasteiger partial charge in [-0.15, -0.1) is 11.3 Å². The lowest BCUT2D eigenvalue weighted by Crippen LogP contribution is -2.06. The van der Waals surface area contributed by atoms with E-state index in [0.29, 0.717) is 6.04 Å². The van der Waals surface area contributed by atoms with Gasteiger partial charge in [-0.2, -0.15) is 0 Å². The van der Waals surface area contributed by atoms with Crippen molar-refractivity contribution in [2.24, 2.45) is 5.92 Å². The summed E-state index contributed by atoms with van der Waals surface area (Å²) in [4.78, 5) is 4.50. The van der Waals surface area contributed by atoms with Crippen molar-refractivity contribution in [3.63, 3.8) is 0 Å². The summed E-state index contributed by atoms with van der Waals surface area (Å²) in [5.74, 6) is 0.822. The molecule has 1 saturated carbocycles. The molecule has 0 aliphatic heterocycles. The third-order valence-electron chi connectivity index (χ3n) is 3.45. The van der Waals surface area contributed by atoms with Gasteiger partial charge >= 0.3 is 0 Å². The highest BCUT2D eigenvalue weighted by molar-refractivity contribution is 7.18. The van der Waals surface area contributed by atoms with Gasteiger partial charge in [0.05, 0.1) is 26.6 Å². The number of thiazole rings is 1. The van der Waals surface area contributed by atoms with Crippen molar-refractivity contribution in [2.75, 3.05) is 11.1 Å². The number of nitrogens with two attached hydrogens (primary N) is 1. The van der Waals surface area contributed by atoms with Gasteiger partial charge in [-0.1, -0.05) is 13.3 Å². The molecule has 1 heterocycles. The van der Waals surface area contributed by atoms with Crippen LogP contribution in [0.25, 0.3) is 10.2 Å². The molecule has 3 nitrogen and oxygen atoms in total. The van der Waals surface area contributed by atoms with E-state index in [2.05, 4.69) is 23.3 Å². The highest BCUT2D eigenvalue weighted by atomic mass is 32.1. The van der Waals surface area contributed by atoms with E-state index < -0.39 is 0 Å². The van der Waals surface area contributed by atoms with E-state index in [1.807, 2.05) is 13.0 Å². The second-order valence-electron chi connectivity index (χ2n) is 4.79. The molecule has 0 saturated heterocycles. The number of aryl methyl sites for hydroxylation is 1. The maximum Gasteiger partial charge on any atom is 0.0907 e. The second-order valence-corrected chi connectivity index (χ2v) is 6.03. The first-order valence-corrected chi connectivity index (χ1v) is 6.92. The number of nitrogens with one attached hydrogen (secondary N) is 1. The first kappa shape index (κ1) is 10.8. The van der Waals surface area contributed by atoms with Crippen LogP contribution in [-0.4, -0.2) is 11.0 Å². The van der Waals surface area contributed by atoms with Crippen LogP contribution in [0.15, 0.2) is 12.1 Å².